The van der Waals surface area contributed by atoms with Gasteiger partial charge in [-0.25, -0.2) is 4.98 Å². The summed E-state index contributed by atoms with van der Waals surface area (Å²) in [6.45, 7) is 6.95. The zero-order chi connectivity index (χ0) is 13.0. The molecule has 0 radical (unpaired) electrons. The average Bonchev–Trinajstić information content (AvgIpc) is 2.39. The fraction of sp³-hybridized carbons (Fsp3) is 0.643. The molecule has 100 valence electrons. The number of nitrogens with zero attached hydrogens (tertiary/aromatic N) is 2. The Labute approximate surface area is 114 Å². The van der Waals surface area contributed by atoms with Crippen molar-refractivity contribution in [3.05, 3.63) is 23.4 Å². The van der Waals surface area contributed by atoms with Crippen molar-refractivity contribution >= 4 is 17.4 Å². The van der Waals surface area contributed by atoms with Crippen LogP contribution in [-0.4, -0.2) is 30.8 Å². The lowest BCUT2D eigenvalue weighted by molar-refractivity contribution is 0.0525. The Morgan fingerprint density at radius 3 is 3.06 bits per heavy atom. The summed E-state index contributed by atoms with van der Waals surface area (Å²) in [5.74, 6) is 1.60. The summed E-state index contributed by atoms with van der Waals surface area (Å²) in [6.07, 6.45) is 4.55. The van der Waals surface area contributed by atoms with Gasteiger partial charge in [0.15, 0.2) is 0 Å². The number of anilines is 1. The summed E-state index contributed by atoms with van der Waals surface area (Å²) in [6, 6.07) is 2.12. The van der Waals surface area contributed by atoms with E-state index in [1.165, 1.54) is 12.0 Å². The molecule has 0 aromatic carbocycles. The summed E-state index contributed by atoms with van der Waals surface area (Å²) in [7, 11) is 0. The van der Waals surface area contributed by atoms with Crippen molar-refractivity contribution in [1.82, 2.24) is 4.98 Å². The number of hydrogen-bond acceptors (Lipinski definition) is 3. The Bertz CT molecular complexity index is 395. The second-order valence-corrected chi connectivity index (χ2v) is 5.05. The van der Waals surface area contributed by atoms with Gasteiger partial charge >= 0.3 is 0 Å². The Kier molecular flexibility index (Phi) is 4.84. The molecule has 3 nitrogen and oxygen atoms in total. The molecule has 0 N–H and O–H groups in total. The molecule has 0 amide bonds. The highest BCUT2D eigenvalue weighted by molar-refractivity contribution is 6.17. The molecule has 0 spiro atoms. The van der Waals surface area contributed by atoms with Crippen molar-refractivity contribution in [3.63, 3.8) is 0 Å². The van der Waals surface area contributed by atoms with Gasteiger partial charge in [0.1, 0.15) is 5.82 Å². The minimum absolute atomic E-state index is 0.345. The van der Waals surface area contributed by atoms with Crippen LogP contribution in [0, 0.1) is 6.92 Å². The number of alkyl halides is 1. The molecule has 4 heteroatoms. The molecule has 1 aliphatic rings. The topological polar surface area (TPSA) is 25.4 Å². The van der Waals surface area contributed by atoms with E-state index in [4.69, 9.17) is 16.3 Å². The summed E-state index contributed by atoms with van der Waals surface area (Å²) in [5, 5.41) is 0. The standard InChI is InChI=1S/C14H21ClN2O/c1-3-18-13-5-4-6-17(10-13)14-11(2)7-12(8-15)9-16-14/h7,9,13H,3-6,8,10H2,1-2H3. The first kappa shape index (κ1) is 13.6. The van der Waals surface area contributed by atoms with Crippen LogP contribution < -0.4 is 4.90 Å². The van der Waals surface area contributed by atoms with Crippen LogP contribution in [0.15, 0.2) is 12.3 Å². The zero-order valence-corrected chi connectivity index (χ0v) is 11.9. The van der Waals surface area contributed by atoms with Gasteiger partial charge in [0.25, 0.3) is 0 Å². The van der Waals surface area contributed by atoms with Crippen molar-refractivity contribution in [1.29, 1.82) is 0 Å². The zero-order valence-electron chi connectivity index (χ0n) is 11.2. The molecule has 1 fully saturated rings. The largest absolute Gasteiger partial charge is 0.377 e. The fourth-order valence-corrected chi connectivity index (χ4v) is 2.68. The van der Waals surface area contributed by atoms with Crippen LogP contribution in [0.3, 0.4) is 0 Å². The number of halogens is 1. The van der Waals surface area contributed by atoms with Crippen LogP contribution in [0.1, 0.15) is 30.9 Å². The molecule has 1 aliphatic heterocycles. The minimum Gasteiger partial charge on any atom is -0.377 e. The van der Waals surface area contributed by atoms with Gasteiger partial charge in [0, 0.05) is 31.8 Å². The van der Waals surface area contributed by atoms with E-state index < -0.39 is 0 Å². The Morgan fingerprint density at radius 2 is 2.39 bits per heavy atom. The molecule has 0 bridgehead atoms. The average molecular weight is 269 g/mol. The van der Waals surface area contributed by atoms with E-state index in [-0.39, 0.29) is 0 Å². The van der Waals surface area contributed by atoms with Gasteiger partial charge in [-0.2, -0.15) is 0 Å². The number of hydrogen-bond donors (Lipinski definition) is 0. The van der Waals surface area contributed by atoms with E-state index in [0.29, 0.717) is 12.0 Å². The van der Waals surface area contributed by atoms with Crippen molar-refractivity contribution < 1.29 is 4.74 Å². The van der Waals surface area contributed by atoms with Gasteiger partial charge < -0.3 is 9.64 Å². The molecule has 1 aromatic heterocycles. The van der Waals surface area contributed by atoms with Crippen LogP contribution in [-0.2, 0) is 10.6 Å². The van der Waals surface area contributed by atoms with Gasteiger partial charge in [0.2, 0.25) is 0 Å². The number of ether oxygens (including phenoxy) is 1. The second-order valence-electron chi connectivity index (χ2n) is 4.78. The first-order valence-electron chi connectivity index (χ1n) is 6.62. The summed E-state index contributed by atoms with van der Waals surface area (Å²) in [4.78, 5) is 6.88. The van der Waals surface area contributed by atoms with Crippen molar-refractivity contribution in [2.75, 3.05) is 24.6 Å². The minimum atomic E-state index is 0.345. The van der Waals surface area contributed by atoms with Gasteiger partial charge in [-0.1, -0.05) is 0 Å². The maximum atomic E-state index is 5.83. The third-order valence-corrected chi connectivity index (χ3v) is 3.65. The maximum absolute atomic E-state index is 5.83. The van der Waals surface area contributed by atoms with Crippen LogP contribution in [0.2, 0.25) is 0 Å². The van der Waals surface area contributed by atoms with E-state index in [2.05, 4.69) is 29.8 Å². The van der Waals surface area contributed by atoms with E-state index in [1.54, 1.807) is 0 Å². The quantitative estimate of drug-likeness (QED) is 0.785. The predicted octanol–water partition coefficient (Wildman–Crippen LogP) is 3.13. The van der Waals surface area contributed by atoms with E-state index >= 15 is 0 Å². The monoisotopic (exact) mass is 268 g/mol. The maximum Gasteiger partial charge on any atom is 0.131 e. The number of rotatable bonds is 4. The summed E-state index contributed by atoms with van der Waals surface area (Å²) in [5.41, 5.74) is 2.28. The van der Waals surface area contributed by atoms with Crippen LogP contribution in [0.4, 0.5) is 5.82 Å². The van der Waals surface area contributed by atoms with Gasteiger partial charge in [-0.3, -0.25) is 0 Å². The number of aryl methyl sites for hydroxylation is 1. The Balaban J connectivity index is 2.10. The number of pyridine rings is 1. The Morgan fingerprint density at radius 1 is 1.56 bits per heavy atom. The predicted molar refractivity (Wildman–Crippen MR) is 75.4 cm³/mol. The molecular weight excluding hydrogens is 248 g/mol. The molecule has 1 unspecified atom stereocenters. The van der Waals surface area contributed by atoms with Gasteiger partial charge in [-0.05, 0) is 43.9 Å². The lowest BCUT2D eigenvalue weighted by Gasteiger charge is -2.34. The van der Waals surface area contributed by atoms with Crippen LogP contribution in [0.25, 0.3) is 0 Å². The molecule has 1 aromatic rings. The van der Waals surface area contributed by atoms with Crippen LogP contribution >= 0.6 is 11.6 Å². The lowest BCUT2D eigenvalue weighted by atomic mass is 10.1. The van der Waals surface area contributed by atoms with Gasteiger partial charge in [-0.15, -0.1) is 11.6 Å². The SMILES string of the molecule is CCOC1CCCN(c2ncc(CCl)cc2C)C1. The van der Waals surface area contributed by atoms with E-state index in [0.717, 1.165) is 37.5 Å². The number of aromatic nitrogens is 1. The molecule has 18 heavy (non-hydrogen) atoms. The van der Waals surface area contributed by atoms with Crippen LogP contribution in [0.5, 0.6) is 0 Å². The molecular formula is C14H21ClN2O. The molecule has 0 aliphatic carbocycles. The third-order valence-electron chi connectivity index (χ3n) is 3.34. The van der Waals surface area contributed by atoms with E-state index in [1.807, 2.05) is 6.20 Å². The summed E-state index contributed by atoms with van der Waals surface area (Å²) >= 11 is 5.83. The highest BCUT2D eigenvalue weighted by Crippen LogP contribution is 2.23. The highest BCUT2D eigenvalue weighted by atomic mass is 35.5. The fourth-order valence-electron chi connectivity index (χ4n) is 2.53. The van der Waals surface area contributed by atoms with Crippen molar-refractivity contribution in [2.45, 2.75) is 38.7 Å². The molecule has 2 rings (SSSR count). The molecule has 1 atom stereocenters. The number of piperidine rings is 1. The smallest absolute Gasteiger partial charge is 0.131 e. The third kappa shape index (κ3) is 3.15. The Hall–Kier alpha value is -0.800. The normalized spacial score (nSPS) is 20.2. The van der Waals surface area contributed by atoms with E-state index in [9.17, 15) is 0 Å². The molecule has 0 saturated carbocycles. The lowest BCUT2D eigenvalue weighted by Crippen LogP contribution is -2.40. The molecule has 2 heterocycles. The molecule has 1 saturated heterocycles. The second kappa shape index (κ2) is 6.39. The van der Waals surface area contributed by atoms with Crippen molar-refractivity contribution in [3.8, 4) is 0 Å². The summed E-state index contributed by atoms with van der Waals surface area (Å²) < 4.78 is 5.73. The first-order valence-corrected chi connectivity index (χ1v) is 7.16. The highest BCUT2D eigenvalue weighted by Gasteiger charge is 2.22. The van der Waals surface area contributed by atoms with Gasteiger partial charge in [0.05, 0.1) is 6.10 Å². The first-order chi connectivity index (χ1) is 8.74. The van der Waals surface area contributed by atoms with Crippen molar-refractivity contribution in [2.24, 2.45) is 0 Å².